The molecule has 176 valence electrons. The van der Waals surface area contributed by atoms with Crippen LogP contribution in [0.1, 0.15) is 16.7 Å². The molecule has 0 spiro atoms. The van der Waals surface area contributed by atoms with E-state index in [2.05, 4.69) is 21.2 Å². The molecule has 0 heterocycles. The summed E-state index contributed by atoms with van der Waals surface area (Å²) in [6, 6.07) is 10.6. The molecule has 3 amide bonds. The molecular formula is C23H28N4O6. The van der Waals surface area contributed by atoms with Gasteiger partial charge in [-0.15, -0.1) is 0 Å². The van der Waals surface area contributed by atoms with Crippen LogP contribution in [0.5, 0.6) is 11.5 Å². The minimum Gasteiger partial charge on any atom is -0.493 e. The van der Waals surface area contributed by atoms with Crippen molar-refractivity contribution in [3.63, 3.8) is 0 Å². The minimum atomic E-state index is -0.899. The van der Waals surface area contributed by atoms with Crippen molar-refractivity contribution >= 4 is 29.6 Å². The Bertz CT molecular complexity index is 1020. The van der Waals surface area contributed by atoms with Gasteiger partial charge in [0.25, 0.3) is 5.91 Å². The van der Waals surface area contributed by atoms with Crippen LogP contribution in [0.25, 0.3) is 0 Å². The lowest BCUT2D eigenvalue weighted by Crippen LogP contribution is -2.39. The zero-order valence-corrected chi connectivity index (χ0v) is 19.1. The summed E-state index contributed by atoms with van der Waals surface area (Å²) in [4.78, 5) is 35.5. The Balaban J connectivity index is 1.90. The average Bonchev–Trinajstić information content (AvgIpc) is 2.79. The van der Waals surface area contributed by atoms with Crippen molar-refractivity contribution in [1.82, 2.24) is 10.7 Å². The molecule has 2 aromatic rings. The van der Waals surface area contributed by atoms with Crippen LogP contribution >= 0.6 is 0 Å². The van der Waals surface area contributed by atoms with Gasteiger partial charge in [-0.1, -0.05) is 17.7 Å². The highest BCUT2D eigenvalue weighted by Gasteiger charge is 2.12. The molecule has 0 saturated heterocycles. The quantitative estimate of drug-likeness (QED) is 0.215. The number of carbonyl (C=O) groups excluding carboxylic acids is 3. The standard InChI is InChI=1S/C23H28N4O6/c1-15-5-7-18(16(2)11-15)26-21(28)14-33-19-8-6-17(12-20(19)32-4)13-25-27-23(30)22(29)24-9-10-31-3/h5-8,11-13H,9-10,14H2,1-4H3,(H,24,29)(H,26,28)(H,27,30)/b25-13-. The molecule has 33 heavy (non-hydrogen) atoms. The number of carbonyl (C=O) groups is 3. The van der Waals surface area contributed by atoms with Gasteiger partial charge in [0.2, 0.25) is 0 Å². The van der Waals surface area contributed by atoms with Crippen LogP contribution in [0.15, 0.2) is 41.5 Å². The van der Waals surface area contributed by atoms with Crippen molar-refractivity contribution < 1.29 is 28.6 Å². The van der Waals surface area contributed by atoms with Gasteiger partial charge in [0.1, 0.15) is 0 Å². The number of nitrogens with zero attached hydrogens (tertiary/aromatic N) is 1. The van der Waals surface area contributed by atoms with Crippen LogP contribution in [0.4, 0.5) is 5.69 Å². The van der Waals surface area contributed by atoms with Gasteiger partial charge >= 0.3 is 11.8 Å². The zero-order chi connectivity index (χ0) is 24.2. The van der Waals surface area contributed by atoms with Crippen molar-refractivity contribution in [2.24, 2.45) is 5.10 Å². The summed E-state index contributed by atoms with van der Waals surface area (Å²) in [5.74, 6) is -1.27. The Morgan fingerprint density at radius 2 is 1.79 bits per heavy atom. The predicted octanol–water partition coefficient (Wildman–Crippen LogP) is 1.54. The molecule has 3 N–H and O–H groups in total. The van der Waals surface area contributed by atoms with Crippen LogP contribution in [-0.4, -0.2) is 57.9 Å². The van der Waals surface area contributed by atoms with Crippen molar-refractivity contribution in [2.75, 3.05) is 39.3 Å². The van der Waals surface area contributed by atoms with Crippen molar-refractivity contribution in [3.8, 4) is 11.5 Å². The number of methoxy groups -OCH3 is 2. The molecule has 0 aliphatic carbocycles. The topological polar surface area (TPSA) is 127 Å². The number of rotatable bonds is 10. The highest BCUT2D eigenvalue weighted by molar-refractivity contribution is 6.35. The second-order valence-electron chi connectivity index (χ2n) is 7.01. The summed E-state index contributed by atoms with van der Waals surface area (Å²) < 4.78 is 15.7. The monoisotopic (exact) mass is 456 g/mol. The molecule has 0 aliphatic heterocycles. The maximum Gasteiger partial charge on any atom is 0.329 e. The first-order valence-electron chi connectivity index (χ1n) is 10.1. The average molecular weight is 456 g/mol. The minimum absolute atomic E-state index is 0.203. The van der Waals surface area contributed by atoms with E-state index >= 15 is 0 Å². The third-order valence-corrected chi connectivity index (χ3v) is 4.38. The maximum atomic E-state index is 12.3. The first kappa shape index (κ1) is 25.3. The molecule has 0 fully saturated rings. The molecule has 0 saturated carbocycles. The van der Waals surface area contributed by atoms with Crippen LogP contribution in [0, 0.1) is 13.8 Å². The van der Waals surface area contributed by atoms with E-state index in [1.54, 1.807) is 18.2 Å². The number of nitrogens with one attached hydrogen (secondary N) is 3. The molecule has 0 aromatic heterocycles. The number of anilines is 1. The Hall–Kier alpha value is -3.92. The predicted molar refractivity (Wildman–Crippen MR) is 124 cm³/mol. The van der Waals surface area contributed by atoms with Gasteiger partial charge in [-0.05, 0) is 49.2 Å². The highest BCUT2D eigenvalue weighted by atomic mass is 16.5. The van der Waals surface area contributed by atoms with Gasteiger partial charge in [-0.25, -0.2) is 5.43 Å². The SMILES string of the molecule is COCCNC(=O)C(=O)N/N=C\c1ccc(OCC(=O)Nc2ccc(C)cc2C)c(OC)c1. The lowest BCUT2D eigenvalue weighted by molar-refractivity contribution is -0.139. The first-order chi connectivity index (χ1) is 15.8. The maximum absolute atomic E-state index is 12.3. The summed E-state index contributed by atoms with van der Waals surface area (Å²) in [6.45, 7) is 4.21. The van der Waals surface area contributed by atoms with Gasteiger partial charge in [0.15, 0.2) is 18.1 Å². The summed E-state index contributed by atoms with van der Waals surface area (Å²) in [5, 5.41) is 8.95. The lowest BCUT2D eigenvalue weighted by atomic mass is 10.1. The Morgan fingerprint density at radius 3 is 2.48 bits per heavy atom. The second kappa shape index (κ2) is 12.8. The molecule has 0 radical (unpaired) electrons. The van der Waals surface area contributed by atoms with Gasteiger partial charge in [-0.2, -0.15) is 5.10 Å². The van der Waals surface area contributed by atoms with Crippen LogP contribution in [0.2, 0.25) is 0 Å². The number of aryl methyl sites for hydroxylation is 2. The molecule has 2 aromatic carbocycles. The fourth-order valence-electron chi connectivity index (χ4n) is 2.73. The first-order valence-corrected chi connectivity index (χ1v) is 10.1. The van der Waals surface area contributed by atoms with Crippen LogP contribution < -0.4 is 25.5 Å². The van der Waals surface area contributed by atoms with E-state index in [9.17, 15) is 14.4 Å². The highest BCUT2D eigenvalue weighted by Crippen LogP contribution is 2.27. The van der Waals surface area contributed by atoms with E-state index in [0.717, 1.165) is 16.8 Å². The fourth-order valence-corrected chi connectivity index (χ4v) is 2.73. The van der Waals surface area contributed by atoms with Gasteiger partial charge < -0.3 is 24.8 Å². The largest absolute Gasteiger partial charge is 0.493 e. The lowest BCUT2D eigenvalue weighted by Gasteiger charge is -2.12. The molecule has 2 rings (SSSR count). The molecule has 0 atom stereocenters. The molecular weight excluding hydrogens is 428 g/mol. The molecule has 0 unspecified atom stereocenters. The Labute approximate surface area is 192 Å². The van der Waals surface area contributed by atoms with Gasteiger partial charge in [-0.3, -0.25) is 14.4 Å². The molecule has 10 heteroatoms. The second-order valence-corrected chi connectivity index (χ2v) is 7.01. The van der Waals surface area contributed by atoms with Gasteiger partial charge in [0.05, 0.1) is 19.9 Å². The third-order valence-electron chi connectivity index (χ3n) is 4.38. The summed E-state index contributed by atoms with van der Waals surface area (Å²) in [6.07, 6.45) is 1.35. The number of hydrazone groups is 1. The van der Waals surface area contributed by atoms with E-state index in [-0.39, 0.29) is 19.1 Å². The zero-order valence-electron chi connectivity index (χ0n) is 19.1. The molecule has 0 bridgehead atoms. The number of amides is 3. The number of hydrogen-bond donors (Lipinski definition) is 3. The third kappa shape index (κ3) is 8.26. The fraction of sp³-hybridized carbons (Fsp3) is 0.304. The number of hydrogen-bond acceptors (Lipinski definition) is 7. The van der Waals surface area contributed by atoms with Gasteiger partial charge in [0, 0.05) is 19.3 Å². The summed E-state index contributed by atoms with van der Waals surface area (Å²) in [5.41, 5.74) is 5.51. The summed E-state index contributed by atoms with van der Waals surface area (Å²) in [7, 11) is 2.95. The van der Waals surface area contributed by atoms with Crippen molar-refractivity contribution in [1.29, 1.82) is 0 Å². The van der Waals surface area contributed by atoms with Crippen molar-refractivity contribution in [3.05, 3.63) is 53.1 Å². The van der Waals surface area contributed by atoms with E-state index in [0.29, 0.717) is 23.7 Å². The molecule has 10 nitrogen and oxygen atoms in total. The normalized spacial score (nSPS) is 10.5. The van der Waals surface area contributed by atoms with E-state index in [1.807, 2.05) is 32.0 Å². The smallest absolute Gasteiger partial charge is 0.329 e. The van der Waals surface area contributed by atoms with E-state index in [4.69, 9.17) is 14.2 Å². The molecule has 0 aliphatic rings. The number of ether oxygens (including phenoxy) is 3. The number of benzene rings is 2. The van der Waals surface area contributed by atoms with E-state index in [1.165, 1.54) is 20.4 Å². The van der Waals surface area contributed by atoms with Crippen LogP contribution in [0.3, 0.4) is 0 Å². The Kier molecular flexibility index (Phi) is 9.84. The summed E-state index contributed by atoms with van der Waals surface area (Å²) >= 11 is 0. The van der Waals surface area contributed by atoms with Crippen LogP contribution in [-0.2, 0) is 19.1 Å². The Morgan fingerprint density at radius 1 is 1.00 bits per heavy atom. The van der Waals surface area contributed by atoms with Crippen molar-refractivity contribution in [2.45, 2.75) is 13.8 Å². The van der Waals surface area contributed by atoms with E-state index < -0.39 is 11.8 Å².